The summed E-state index contributed by atoms with van der Waals surface area (Å²) in [6.07, 6.45) is 1.34. The molecule has 3 aromatic rings. The summed E-state index contributed by atoms with van der Waals surface area (Å²) in [6.45, 7) is 4.01. The maximum absolute atomic E-state index is 12.4. The Labute approximate surface area is 151 Å². The van der Waals surface area contributed by atoms with E-state index in [1.165, 1.54) is 6.33 Å². The lowest BCUT2D eigenvalue weighted by atomic mass is 10.1. The molecule has 0 aliphatic carbocycles. The predicted octanol–water partition coefficient (Wildman–Crippen LogP) is 3.96. The minimum absolute atomic E-state index is 0.232. The van der Waals surface area contributed by atoms with Crippen LogP contribution in [0.1, 0.15) is 27.2 Å². The molecule has 0 fully saturated rings. The number of anilines is 3. The van der Waals surface area contributed by atoms with Crippen molar-refractivity contribution < 1.29 is 4.79 Å². The number of carbonyl (C=O) groups is 1. The van der Waals surface area contributed by atoms with E-state index in [2.05, 4.69) is 20.6 Å². The minimum atomic E-state index is -0.369. The van der Waals surface area contributed by atoms with Crippen molar-refractivity contribution in [1.29, 1.82) is 5.26 Å². The van der Waals surface area contributed by atoms with Gasteiger partial charge in [0.15, 0.2) is 0 Å². The minimum Gasteiger partial charge on any atom is -0.340 e. The summed E-state index contributed by atoms with van der Waals surface area (Å²) in [5.74, 6) is 0.163. The summed E-state index contributed by atoms with van der Waals surface area (Å²) in [4.78, 5) is 20.6. The van der Waals surface area contributed by atoms with Gasteiger partial charge in [-0.3, -0.25) is 4.79 Å². The third kappa shape index (κ3) is 4.02. The van der Waals surface area contributed by atoms with Crippen LogP contribution in [-0.2, 0) is 0 Å². The molecule has 0 aliphatic rings. The Balaban J connectivity index is 1.79. The number of hydrogen-bond acceptors (Lipinski definition) is 5. The second kappa shape index (κ2) is 7.45. The summed E-state index contributed by atoms with van der Waals surface area (Å²) in [5.41, 5.74) is 4.38. The summed E-state index contributed by atoms with van der Waals surface area (Å²) in [7, 11) is 0. The largest absolute Gasteiger partial charge is 0.340 e. The molecule has 0 saturated heterocycles. The molecular weight excluding hydrogens is 326 g/mol. The van der Waals surface area contributed by atoms with E-state index in [0.717, 1.165) is 16.8 Å². The smallest absolute Gasteiger partial charge is 0.274 e. The zero-order valence-electron chi connectivity index (χ0n) is 14.4. The average Bonchev–Trinajstić information content (AvgIpc) is 2.65. The van der Waals surface area contributed by atoms with Crippen LogP contribution in [0.5, 0.6) is 0 Å². The first-order valence-corrected chi connectivity index (χ1v) is 8.03. The molecule has 0 radical (unpaired) electrons. The molecule has 1 heterocycles. The van der Waals surface area contributed by atoms with Crippen molar-refractivity contribution in [2.45, 2.75) is 13.8 Å². The van der Waals surface area contributed by atoms with E-state index in [0.29, 0.717) is 17.1 Å². The van der Waals surface area contributed by atoms with E-state index >= 15 is 0 Å². The molecule has 1 aromatic heterocycles. The first-order valence-electron chi connectivity index (χ1n) is 8.03. The molecule has 2 aromatic carbocycles. The summed E-state index contributed by atoms with van der Waals surface area (Å²) in [6, 6.07) is 16.4. The molecule has 0 atom stereocenters. The molecule has 0 bridgehead atoms. The highest BCUT2D eigenvalue weighted by Gasteiger charge is 2.10. The van der Waals surface area contributed by atoms with Gasteiger partial charge in [0.05, 0.1) is 11.6 Å². The van der Waals surface area contributed by atoms with E-state index in [1.54, 1.807) is 30.3 Å². The molecule has 1 amide bonds. The van der Waals surface area contributed by atoms with Gasteiger partial charge in [0.25, 0.3) is 5.91 Å². The number of aromatic nitrogens is 2. The van der Waals surface area contributed by atoms with Gasteiger partial charge in [-0.2, -0.15) is 5.26 Å². The van der Waals surface area contributed by atoms with Gasteiger partial charge >= 0.3 is 0 Å². The van der Waals surface area contributed by atoms with Crippen LogP contribution < -0.4 is 10.6 Å². The van der Waals surface area contributed by atoms with Crippen molar-refractivity contribution in [2.24, 2.45) is 0 Å². The molecule has 6 nitrogen and oxygen atoms in total. The maximum atomic E-state index is 12.4. The van der Waals surface area contributed by atoms with Crippen LogP contribution in [0.4, 0.5) is 17.2 Å². The molecule has 26 heavy (non-hydrogen) atoms. The Morgan fingerprint density at radius 2 is 1.92 bits per heavy atom. The fraction of sp³-hybridized carbons (Fsp3) is 0.100. The summed E-state index contributed by atoms with van der Waals surface area (Å²) < 4.78 is 0. The van der Waals surface area contributed by atoms with E-state index in [4.69, 9.17) is 5.26 Å². The number of nitrogens with zero attached hydrogens (tertiary/aromatic N) is 3. The quantitative estimate of drug-likeness (QED) is 0.748. The number of amides is 1. The monoisotopic (exact) mass is 343 g/mol. The van der Waals surface area contributed by atoms with Crippen LogP contribution in [0.3, 0.4) is 0 Å². The number of carbonyl (C=O) groups excluding carboxylic acids is 1. The average molecular weight is 343 g/mol. The van der Waals surface area contributed by atoms with E-state index in [-0.39, 0.29) is 11.6 Å². The van der Waals surface area contributed by atoms with Crippen LogP contribution >= 0.6 is 0 Å². The molecule has 2 N–H and O–H groups in total. The Bertz CT molecular complexity index is 1010. The van der Waals surface area contributed by atoms with Gasteiger partial charge in [0, 0.05) is 17.4 Å². The van der Waals surface area contributed by atoms with Crippen molar-refractivity contribution >= 4 is 23.1 Å². The Kier molecular flexibility index (Phi) is 4.90. The summed E-state index contributed by atoms with van der Waals surface area (Å²) in [5, 5.41) is 14.9. The van der Waals surface area contributed by atoms with Crippen LogP contribution in [-0.4, -0.2) is 15.9 Å². The number of nitrogens with one attached hydrogen (secondary N) is 2. The van der Waals surface area contributed by atoms with E-state index in [9.17, 15) is 4.79 Å². The van der Waals surface area contributed by atoms with Gasteiger partial charge in [-0.25, -0.2) is 9.97 Å². The molecule has 0 saturated carbocycles. The normalized spacial score (nSPS) is 10.0. The lowest BCUT2D eigenvalue weighted by Crippen LogP contribution is -2.14. The number of benzene rings is 2. The highest BCUT2D eigenvalue weighted by atomic mass is 16.1. The molecule has 0 unspecified atom stereocenters. The van der Waals surface area contributed by atoms with Crippen LogP contribution in [0.2, 0.25) is 0 Å². The van der Waals surface area contributed by atoms with Crippen LogP contribution in [0.25, 0.3) is 0 Å². The second-order valence-corrected chi connectivity index (χ2v) is 5.88. The molecule has 128 valence electrons. The molecule has 0 aliphatic heterocycles. The lowest BCUT2D eigenvalue weighted by molar-refractivity contribution is 0.102. The van der Waals surface area contributed by atoms with E-state index < -0.39 is 0 Å². The second-order valence-electron chi connectivity index (χ2n) is 5.88. The molecule has 3 rings (SSSR count). The van der Waals surface area contributed by atoms with Gasteiger partial charge in [0.1, 0.15) is 17.8 Å². The van der Waals surface area contributed by atoms with Gasteiger partial charge in [-0.1, -0.05) is 18.2 Å². The third-order valence-corrected chi connectivity index (χ3v) is 3.81. The van der Waals surface area contributed by atoms with Crippen LogP contribution in [0.15, 0.2) is 54.9 Å². The van der Waals surface area contributed by atoms with Crippen molar-refractivity contribution in [3.63, 3.8) is 0 Å². The zero-order valence-corrected chi connectivity index (χ0v) is 14.4. The van der Waals surface area contributed by atoms with Crippen molar-refractivity contribution in [1.82, 2.24) is 9.97 Å². The first-order chi connectivity index (χ1) is 12.5. The zero-order chi connectivity index (χ0) is 18.5. The number of rotatable bonds is 4. The first kappa shape index (κ1) is 17.1. The van der Waals surface area contributed by atoms with Crippen molar-refractivity contribution in [3.05, 3.63) is 77.2 Å². The van der Waals surface area contributed by atoms with Crippen molar-refractivity contribution in [3.8, 4) is 6.07 Å². The van der Waals surface area contributed by atoms with Gasteiger partial charge in [-0.05, 0) is 49.2 Å². The third-order valence-electron chi connectivity index (χ3n) is 3.81. The number of hydrogen-bond donors (Lipinski definition) is 2. The SMILES string of the molecule is Cc1ccc(C)c(Nc2cc(C(=O)Nc3cccc(C#N)c3)ncn2)c1. The number of aryl methyl sites for hydroxylation is 2. The Hall–Kier alpha value is -3.72. The standard InChI is InChI=1S/C20H17N5O/c1-13-6-7-14(2)17(8-13)25-19-10-18(22-12-23-19)20(26)24-16-5-3-4-15(9-16)11-21/h3-10,12H,1-2H3,(H,24,26)(H,22,23,25). The Morgan fingerprint density at radius 3 is 2.73 bits per heavy atom. The van der Waals surface area contributed by atoms with Gasteiger partial charge in [-0.15, -0.1) is 0 Å². The number of nitriles is 1. The maximum Gasteiger partial charge on any atom is 0.274 e. The fourth-order valence-electron chi connectivity index (χ4n) is 2.42. The van der Waals surface area contributed by atoms with Crippen LogP contribution in [0, 0.1) is 25.2 Å². The predicted molar refractivity (Wildman–Crippen MR) is 100 cm³/mol. The summed E-state index contributed by atoms with van der Waals surface area (Å²) >= 11 is 0. The van der Waals surface area contributed by atoms with E-state index in [1.807, 2.05) is 38.1 Å². The molecule has 6 heteroatoms. The highest BCUT2D eigenvalue weighted by Crippen LogP contribution is 2.21. The van der Waals surface area contributed by atoms with Crippen molar-refractivity contribution in [2.75, 3.05) is 10.6 Å². The van der Waals surface area contributed by atoms with Gasteiger partial charge in [0.2, 0.25) is 0 Å². The van der Waals surface area contributed by atoms with Gasteiger partial charge < -0.3 is 10.6 Å². The molecule has 0 spiro atoms. The highest BCUT2D eigenvalue weighted by molar-refractivity contribution is 6.03. The topological polar surface area (TPSA) is 90.7 Å². The fourth-order valence-corrected chi connectivity index (χ4v) is 2.42. The molecular formula is C20H17N5O. The Morgan fingerprint density at radius 1 is 1.08 bits per heavy atom. The lowest BCUT2D eigenvalue weighted by Gasteiger charge is -2.10.